The normalized spacial score (nSPS) is 19.2. The van der Waals surface area contributed by atoms with Crippen molar-refractivity contribution in [3.05, 3.63) is 29.5 Å². The third-order valence-corrected chi connectivity index (χ3v) is 7.92. The van der Waals surface area contributed by atoms with E-state index in [2.05, 4.69) is 4.72 Å². The Morgan fingerprint density at radius 2 is 1.94 bits per heavy atom. The molecule has 2 aliphatic rings. The van der Waals surface area contributed by atoms with Crippen LogP contribution in [0.5, 0.6) is 0 Å². The smallest absolute Gasteiger partial charge is 0.327 e. The molecule has 2 heterocycles. The Morgan fingerprint density at radius 1 is 1.24 bits per heavy atom. The highest BCUT2D eigenvalue weighted by Crippen LogP contribution is 2.33. The van der Waals surface area contributed by atoms with Crippen LogP contribution in [0.2, 0.25) is 0 Å². The van der Waals surface area contributed by atoms with Crippen molar-refractivity contribution >= 4 is 38.8 Å². The van der Waals surface area contributed by atoms with Crippen LogP contribution in [0.25, 0.3) is 11.0 Å². The number of imide groups is 1. The first-order valence-electron chi connectivity index (χ1n) is 10.6. The Balaban J connectivity index is 1.62. The van der Waals surface area contributed by atoms with E-state index in [1.165, 1.54) is 43.4 Å². The molecule has 4 rings (SSSR count). The topological polar surface area (TPSA) is 149 Å². The van der Waals surface area contributed by atoms with E-state index in [4.69, 9.17) is 9.62 Å². The van der Waals surface area contributed by atoms with Gasteiger partial charge in [-0.1, -0.05) is 0 Å². The molecule has 1 aliphatic heterocycles. The lowest BCUT2D eigenvalue weighted by Gasteiger charge is -2.22. The van der Waals surface area contributed by atoms with Crippen molar-refractivity contribution in [1.82, 2.24) is 20.0 Å². The Labute approximate surface area is 190 Å². The average molecular weight is 479 g/mol. The summed E-state index contributed by atoms with van der Waals surface area (Å²) in [6, 6.07) is 2.17. The van der Waals surface area contributed by atoms with Crippen LogP contribution in [0.4, 0.5) is 4.79 Å². The number of rotatable bonds is 6. The molecule has 12 heteroatoms. The van der Waals surface area contributed by atoms with Gasteiger partial charge in [-0.05, 0) is 45.2 Å². The average Bonchev–Trinajstić information content (AvgIpc) is 3.23. The predicted molar refractivity (Wildman–Crippen MR) is 116 cm³/mol. The summed E-state index contributed by atoms with van der Waals surface area (Å²) in [7, 11) is -2.84. The van der Waals surface area contributed by atoms with Gasteiger partial charge in [0.15, 0.2) is 0 Å². The van der Waals surface area contributed by atoms with E-state index in [0.29, 0.717) is 5.58 Å². The number of nitrogens with one attached hydrogen (secondary N) is 2. The van der Waals surface area contributed by atoms with E-state index < -0.39 is 46.0 Å². The predicted octanol–water partition coefficient (Wildman–Crippen LogP) is 1.14. The molecule has 1 aromatic heterocycles. The first-order valence-corrected chi connectivity index (χ1v) is 12.1. The van der Waals surface area contributed by atoms with Gasteiger partial charge < -0.3 is 9.32 Å². The lowest BCUT2D eigenvalue weighted by Crippen LogP contribution is -2.53. The molecule has 1 aromatic carbocycles. The van der Waals surface area contributed by atoms with Gasteiger partial charge in [-0.15, -0.1) is 0 Å². The van der Waals surface area contributed by atoms with Crippen molar-refractivity contribution < 1.29 is 32.4 Å². The highest BCUT2D eigenvalue weighted by Gasteiger charge is 2.50. The van der Waals surface area contributed by atoms with Gasteiger partial charge in [-0.2, -0.15) is 4.72 Å². The molecular formula is C21H26N4O7S. The van der Waals surface area contributed by atoms with Crippen molar-refractivity contribution in [2.75, 3.05) is 13.6 Å². The second-order valence-electron chi connectivity index (χ2n) is 8.84. The summed E-state index contributed by atoms with van der Waals surface area (Å²) in [6.07, 6.45) is 3.72. The molecule has 3 N–H and O–H groups in total. The minimum atomic E-state index is -4.27. The Morgan fingerprint density at radius 3 is 2.58 bits per heavy atom. The molecular weight excluding hydrogens is 452 g/mol. The van der Waals surface area contributed by atoms with Gasteiger partial charge in [0, 0.05) is 30.5 Å². The van der Waals surface area contributed by atoms with Gasteiger partial charge in [0.2, 0.25) is 10.0 Å². The third kappa shape index (κ3) is 3.87. The van der Waals surface area contributed by atoms with E-state index in [1.54, 1.807) is 6.07 Å². The number of sulfonamides is 1. The second kappa shape index (κ2) is 8.12. The molecule has 1 aliphatic carbocycles. The van der Waals surface area contributed by atoms with E-state index >= 15 is 0 Å². The molecule has 0 saturated carbocycles. The lowest BCUT2D eigenvalue weighted by atomic mass is 9.96. The number of aryl methyl sites for hydroxylation is 2. The molecule has 178 valence electrons. The monoisotopic (exact) mass is 478 g/mol. The number of likely N-dealkylation sites (N-methyl/N-ethyl adjacent to an activating group) is 1. The van der Waals surface area contributed by atoms with E-state index in [1.807, 2.05) is 0 Å². The summed E-state index contributed by atoms with van der Waals surface area (Å²) >= 11 is 0. The molecule has 0 spiro atoms. The number of benzene rings is 1. The standard InChI is InChI=1S/C21H26N4O7S/c1-21(2)19(27)25(20(28)24(21)3)11-15(18(26)22-29)23-33(30,31)12-8-9-14-13-6-4-5-7-16(13)32-17(14)10-12/h8-10,15,23,29H,4-7,11H2,1-3H3,(H,22,26). The molecule has 11 nitrogen and oxygen atoms in total. The van der Waals surface area contributed by atoms with Crippen LogP contribution < -0.4 is 10.2 Å². The third-order valence-electron chi connectivity index (χ3n) is 6.45. The first kappa shape index (κ1) is 23.2. The number of furan rings is 1. The molecule has 2 aromatic rings. The number of urea groups is 1. The molecule has 1 unspecified atom stereocenters. The summed E-state index contributed by atoms with van der Waals surface area (Å²) in [5, 5.41) is 9.97. The Bertz CT molecular complexity index is 1250. The number of hydrogen-bond donors (Lipinski definition) is 3. The SMILES string of the molecule is CN1C(=O)N(CC(NS(=O)(=O)c2ccc3c4c(oc3c2)CCCC4)C(=O)NO)C(=O)C1(C)C. The second-order valence-corrected chi connectivity index (χ2v) is 10.5. The number of carbonyl (C=O) groups excluding carboxylic acids is 3. The fraction of sp³-hybridized carbons (Fsp3) is 0.476. The van der Waals surface area contributed by atoms with Crippen LogP contribution in [0.15, 0.2) is 27.5 Å². The maximum absolute atomic E-state index is 13.1. The maximum atomic E-state index is 13.1. The van der Waals surface area contributed by atoms with Gasteiger partial charge in [0.25, 0.3) is 11.8 Å². The highest BCUT2D eigenvalue weighted by molar-refractivity contribution is 7.89. The van der Waals surface area contributed by atoms with Gasteiger partial charge in [0.05, 0.1) is 11.4 Å². The van der Waals surface area contributed by atoms with Gasteiger partial charge in [-0.25, -0.2) is 18.7 Å². The lowest BCUT2D eigenvalue weighted by molar-refractivity contribution is -0.134. The zero-order valence-electron chi connectivity index (χ0n) is 18.5. The van der Waals surface area contributed by atoms with E-state index in [0.717, 1.165) is 47.3 Å². The van der Waals surface area contributed by atoms with Crippen LogP contribution in [0.1, 0.15) is 38.0 Å². The largest absolute Gasteiger partial charge is 0.461 e. The molecule has 4 amide bonds. The van der Waals surface area contributed by atoms with Gasteiger partial charge >= 0.3 is 6.03 Å². The van der Waals surface area contributed by atoms with Crippen LogP contribution >= 0.6 is 0 Å². The van der Waals surface area contributed by atoms with Crippen LogP contribution in [-0.4, -0.2) is 66.4 Å². The summed E-state index contributed by atoms with van der Waals surface area (Å²) in [4.78, 5) is 39.2. The van der Waals surface area contributed by atoms with Crippen molar-refractivity contribution in [2.45, 2.75) is 56.0 Å². The molecule has 33 heavy (non-hydrogen) atoms. The van der Waals surface area contributed by atoms with E-state index in [9.17, 15) is 22.8 Å². The summed E-state index contributed by atoms with van der Waals surface area (Å²) in [5.41, 5.74) is 1.76. The van der Waals surface area contributed by atoms with Gasteiger partial charge in [0.1, 0.15) is 22.9 Å². The number of nitrogens with zero attached hydrogens (tertiary/aromatic N) is 2. The quantitative estimate of drug-likeness (QED) is 0.320. The first-order chi connectivity index (χ1) is 15.5. The maximum Gasteiger partial charge on any atom is 0.327 e. The Kier molecular flexibility index (Phi) is 5.71. The van der Waals surface area contributed by atoms with Crippen LogP contribution in [0.3, 0.4) is 0 Å². The minimum absolute atomic E-state index is 0.145. The number of carbonyl (C=O) groups is 3. The van der Waals surface area contributed by atoms with E-state index in [-0.39, 0.29) is 4.90 Å². The van der Waals surface area contributed by atoms with Crippen molar-refractivity contribution in [2.24, 2.45) is 0 Å². The molecule has 0 bridgehead atoms. The van der Waals surface area contributed by atoms with Crippen molar-refractivity contribution in [1.29, 1.82) is 0 Å². The highest BCUT2D eigenvalue weighted by atomic mass is 32.2. The number of amides is 4. The summed E-state index contributed by atoms with van der Waals surface area (Å²) in [6.45, 7) is 2.49. The Hall–Kier alpha value is -2.96. The summed E-state index contributed by atoms with van der Waals surface area (Å²) < 4.78 is 34.2. The van der Waals surface area contributed by atoms with Crippen LogP contribution in [0, 0.1) is 0 Å². The molecule has 0 radical (unpaired) electrons. The number of fused-ring (bicyclic) bond motifs is 3. The van der Waals surface area contributed by atoms with Crippen LogP contribution in [-0.2, 0) is 32.5 Å². The minimum Gasteiger partial charge on any atom is -0.461 e. The molecule has 1 fully saturated rings. The van der Waals surface area contributed by atoms with Gasteiger partial charge in [-0.3, -0.25) is 19.7 Å². The zero-order valence-corrected chi connectivity index (χ0v) is 19.4. The van der Waals surface area contributed by atoms with Crippen molar-refractivity contribution in [3.8, 4) is 0 Å². The molecule has 1 saturated heterocycles. The summed E-state index contributed by atoms with van der Waals surface area (Å²) in [5.74, 6) is -0.845. The zero-order chi connectivity index (χ0) is 24.1. The fourth-order valence-electron chi connectivity index (χ4n) is 4.24. The number of hydroxylamine groups is 1. The molecule has 1 atom stereocenters. The van der Waals surface area contributed by atoms with Crippen molar-refractivity contribution in [3.63, 3.8) is 0 Å². The fourth-order valence-corrected chi connectivity index (χ4v) is 5.44. The number of hydrogen-bond acceptors (Lipinski definition) is 7.